The number of primary amides is 1. The van der Waals surface area contributed by atoms with E-state index in [0.717, 1.165) is 10.5 Å². The number of imide groups is 1. The van der Waals surface area contributed by atoms with Crippen molar-refractivity contribution in [2.45, 2.75) is 140 Å². The van der Waals surface area contributed by atoms with E-state index in [0.29, 0.717) is 68.8 Å². The molecule has 7 N–H and O–H groups in total. The number of hydrogen-bond acceptors (Lipinski definition) is 14. The highest BCUT2D eigenvalue weighted by atomic mass is 19.1. The van der Waals surface area contributed by atoms with Gasteiger partial charge >= 0.3 is 12.1 Å². The molecule has 2 aromatic carbocycles. The second-order valence-electron chi connectivity index (χ2n) is 24.5. The number of Topliss-reactive ketones (excluding diaryl/α,β-unsaturated/α-hetero) is 1. The second-order valence-corrected chi connectivity index (χ2v) is 24.5. The van der Waals surface area contributed by atoms with Gasteiger partial charge in [-0.05, 0) is 111 Å². The van der Waals surface area contributed by atoms with Crippen LogP contribution in [0.5, 0.6) is 0 Å². The molecule has 21 nitrogen and oxygen atoms in total. The van der Waals surface area contributed by atoms with Gasteiger partial charge in [0.1, 0.15) is 30.5 Å². The quantitative estimate of drug-likeness (QED) is 0.0675. The number of rotatable bonds is 22. The summed E-state index contributed by atoms with van der Waals surface area (Å²) in [7, 11) is 0. The summed E-state index contributed by atoms with van der Waals surface area (Å²) in [5, 5.41) is 21.5. The summed E-state index contributed by atoms with van der Waals surface area (Å²) in [4.78, 5) is 120. The molecule has 4 saturated carbocycles. The highest BCUT2D eigenvalue weighted by Gasteiger charge is 2.87. The smallest absolute Gasteiger partial charge is 0.410 e. The Balaban J connectivity index is 0.667. The van der Waals surface area contributed by atoms with Crippen LogP contribution in [0.1, 0.15) is 108 Å². The van der Waals surface area contributed by atoms with Crippen molar-refractivity contribution in [1.29, 1.82) is 0 Å². The standard InChI is InChI=1S/C62H76F2N8O13/c1-36(2)52(69-49(75)9-5-4-6-25-72-50(76)18-19-51(72)77)55(80)68-47(8-7-24-66-57(65)81)54(79)67-40-16-12-38(13-17-40)35-83-58(82)71-28-26-70(27-29-71)33-37-10-14-39(15-11-37)56-84-48-32-42-43-31-46(63)44-30-41(74)20-21-59(44,3)61(43,64)23-22-60(42)45(34-73)53(78)62(48,60)85-56/h10-21,30,36,42-43,45-48,52,56,73H,4-9,22-29,31-35H2,1-3H3,(H,67,79)(H,68,80)(H,69,75)(H3,65,66,81)/t42-,43-,45?,46-,47?,48+,52?,56?,59-,60-,61+,62?/m0/s1. The number of unbranched alkanes of at least 4 members (excludes halogenated alkanes) is 2. The molecular formula is C62H76F2N8O13. The van der Waals surface area contributed by atoms with Gasteiger partial charge in [-0.3, -0.25) is 43.4 Å². The molecule has 5 aliphatic carbocycles. The number of amides is 8. The number of aliphatic hydroxyl groups excluding tert-OH is 1. The van der Waals surface area contributed by atoms with Gasteiger partial charge in [0.15, 0.2) is 23.5 Å². The number of carbonyl (C=O) groups is 9. The van der Waals surface area contributed by atoms with Crippen molar-refractivity contribution < 1.29 is 71.2 Å². The van der Waals surface area contributed by atoms with Gasteiger partial charge in [-0.15, -0.1) is 0 Å². The number of anilines is 1. The third kappa shape index (κ3) is 11.4. The van der Waals surface area contributed by atoms with E-state index in [1.54, 1.807) is 49.9 Å². The Morgan fingerprint density at radius 2 is 1.55 bits per heavy atom. The SMILES string of the molecule is CC(C)C(NC(=O)CCCCCN1C(=O)C=CC1=O)C(=O)NC(CCCNC(N)=O)C(=O)Nc1ccc(COC(=O)N2CCN(Cc3ccc(C4O[C@@H]5C[C@H]6[C@@H]7C[C@H](F)C8=CC(=O)C=C[C@]8(C)[C@@]7(F)CC[C@@]67C(CO)C(=O)C57O4)cc3)CC2)cc1. The molecule has 12 atom stereocenters. The maximum atomic E-state index is 17.7. The summed E-state index contributed by atoms with van der Waals surface area (Å²) in [6, 6.07) is 11.6. The fourth-order valence-corrected chi connectivity index (χ4v) is 14.9. The molecule has 0 radical (unpaired) electrons. The molecule has 8 amide bonds. The van der Waals surface area contributed by atoms with Gasteiger partial charge in [0.25, 0.3) is 11.8 Å². The molecule has 85 heavy (non-hydrogen) atoms. The van der Waals surface area contributed by atoms with E-state index in [2.05, 4.69) is 26.2 Å². The zero-order valence-electron chi connectivity index (χ0n) is 48.2. The van der Waals surface area contributed by atoms with Gasteiger partial charge in [0.2, 0.25) is 17.7 Å². The number of alkyl halides is 2. The first-order valence-corrected chi connectivity index (χ1v) is 29.7. The van der Waals surface area contributed by atoms with Gasteiger partial charge in [0, 0.05) is 92.4 Å². The van der Waals surface area contributed by atoms with E-state index in [4.69, 9.17) is 19.9 Å². The van der Waals surface area contributed by atoms with Gasteiger partial charge in [-0.1, -0.05) is 62.7 Å². The van der Waals surface area contributed by atoms with Crippen LogP contribution >= 0.6 is 0 Å². The van der Waals surface area contributed by atoms with Crippen LogP contribution in [-0.2, 0) is 60.9 Å². The number of halogens is 2. The van der Waals surface area contributed by atoms with E-state index in [9.17, 15) is 48.3 Å². The molecule has 2 aromatic rings. The predicted molar refractivity (Wildman–Crippen MR) is 302 cm³/mol. The normalized spacial score (nSPS) is 30.7. The van der Waals surface area contributed by atoms with E-state index in [-0.39, 0.29) is 105 Å². The van der Waals surface area contributed by atoms with Crippen LogP contribution in [-0.4, -0.2) is 155 Å². The van der Waals surface area contributed by atoms with Crippen LogP contribution in [0.2, 0.25) is 0 Å². The van der Waals surface area contributed by atoms with Gasteiger partial charge in [-0.2, -0.15) is 0 Å². The van der Waals surface area contributed by atoms with Crippen molar-refractivity contribution in [2.75, 3.05) is 51.2 Å². The monoisotopic (exact) mass is 1180 g/mol. The Morgan fingerprint density at radius 3 is 2.24 bits per heavy atom. The lowest BCUT2D eigenvalue weighted by atomic mass is 9.38. The second kappa shape index (κ2) is 24.6. The number of urea groups is 1. The van der Waals surface area contributed by atoms with Crippen molar-refractivity contribution >= 4 is 58.9 Å². The summed E-state index contributed by atoms with van der Waals surface area (Å²) < 4.78 is 52.8. The van der Waals surface area contributed by atoms with Crippen LogP contribution in [0.15, 0.2) is 84.5 Å². The van der Waals surface area contributed by atoms with Crippen LogP contribution in [0.3, 0.4) is 0 Å². The van der Waals surface area contributed by atoms with Crippen molar-refractivity contribution in [3.8, 4) is 0 Å². The number of nitrogens with two attached hydrogens (primary N) is 1. The average Bonchev–Trinajstić information content (AvgIpc) is 1.63. The van der Waals surface area contributed by atoms with E-state index in [1.165, 1.54) is 30.4 Å². The van der Waals surface area contributed by atoms with E-state index >= 15 is 8.78 Å². The minimum absolute atomic E-state index is 0.0216. The number of allylic oxidation sites excluding steroid dienone is 4. The summed E-state index contributed by atoms with van der Waals surface area (Å²) in [5.74, 6) is -5.21. The lowest BCUT2D eigenvalue weighted by molar-refractivity contribution is -0.258. The molecule has 23 heteroatoms. The molecule has 6 fully saturated rings. The minimum Gasteiger partial charge on any atom is -0.445 e. The van der Waals surface area contributed by atoms with Crippen molar-refractivity contribution in [3.63, 3.8) is 0 Å². The highest BCUT2D eigenvalue weighted by molar-refractivity contribution is 6.12. The maximum Gasteiger partial charge on any atom is 0.410 e. The lowest BCUT2D eigenvalue weighted by Gasteiger charge is -2.67. The topological polar surface area (TPSA) is 285 Å². The van der Waals surface area contributed by atoms with Crippen LogP contribution < -0.4 is 27.0 Å². The van der Waals surface area contributed by atoms with Crippen molar-refractivity contribution in [1.82, 2.24) is 30.7 Å². The number of ketones is 2. The van der Waals surface area contributed by atoms with Gasteiger partial charge in [-0.25, -0.2) is 18.4 Å². The zero-order chi connectivity index (χ0) is 60.6. The molecular weight excluding hydrogens is 1100 g/mol. The Bertz CT molecular complexity index is 3040. The molecule has 456 valence electrons. The molecule has 3 aliphatic heterocycles. The Labute approximate surface area is 491 Å². The number of ether oxygens (including phenoxy) is 3. The minimum atomic E-state index is -1.87. The zero-order valence-corrected chi connectivity index (χ0v) is 48.2. The first-order chi connectivity index (χ1) is 40.6. The van der Waals surface area contributed by atoms with Gasteiger partial charge in [0.05, 0.1) is 18.6 Å². The predicted octanol–water partition coefficient (Wildman–Crippen LogP) is 4.92. The highest BCUT2D eigenvalue weighted by Crippen LogP contribution is 2.79. The number of carbonyl (C=O) groups excluding carboxylic acids is 9. The molecule has 2 spiro atoms. The molecule has 0 aromatic heterocycles. The Morgan fingerprint density at radius 1 is 0.847 bits per heavy atom. The third-order valence-electron chi connectivity index (χ3n) is 19.4. The number of piperazine rings is 1. The number of nitrogens with zero attached hydrogens (tertiary/aromatic N) is 3. The maximum absolute atomic E-state index is 17.7. The van der Waals surface area contributed by atoms with Crippen LogP contribution in [0, 0.1) is 34.5 Å². The number of benzene rings is 2. The lowest BCUT2D eigenvalue weighted by Crippen LogP contribution is -2.77. The fraction of sp³-hybridized carbons (Fsp3) is 0.565. The number of hydrogen-bond donors (Lipinski definition) is 6. The molecule has 3 heterocycles. The molecule has 10 rings (SSSR count). The Hall–Kier alpha value is -7.21. The fourth-order valence-electron chi connectivity index (χ4n) is 14.9. The average molecular weight is 1180 g/mol. The van der Waals surface area contributed by atoms with Crippen LogP contribution in [0.4, 0.5) is 24.1 Å². The Kier molecular flexibility index (Phi) is 17.7. The van der Waals surface area contributed by atoms with Crippen LogP contribution in [0.25, 0.3) is 0 Å². The summed E-state index contributed by atoms with van der Waals surface area (Å²) in [6.07, 6.45) is 5.45. The largest absolute Gasteiger partial charge is 0.445 e. The summed E-state index contributed by atoms with van der Waals surface area (Å²) >= 11 is 0. The first kappa shape index (κ1) is 60.9. The summed E-state index contributed by atoms with van der Waals surface area (Å²) in [6.45, 7) is 7.76. The molecule has 2 saturated heterocycles. The van der Waals surface area contributed by atoms with Crippen molar-refractivity contribution in [2.24, 2.45) is 40.2 Å². The van der Waals surface area contributed by atoms with Gasteiger partial charge < -0.3 is 51.2 Å². The van der Waals surface area contributed by atoms with Crippen molar-refractivity contribution in [3.05, 3.63) is 101 Å². The summed E-state index contributed by atoms with van der Waals surface area (Å²) in [5.41, 5.74) is 2.66. The van der Waals surface area contributed by atoms with E-state index < -0.39 is 101 Å². The third-order valence-corrected chi connectivity index (χ3v) is 19.4. The van der Waals surface area contributed by atoms with E-state index in [1.807, 2.05) is 24.3 Å². The molecule has 8 aliphatic rings. The first-order valence-electron chi connectivity index (χ1n) is 29.7. The number of nitrogens with one attached hydrogen (secondary N) is 4. The molecule has 0 bridgehead atoms. The molecule has 5 unspecified atom stereocenters. The number of fused-ring (bicyclic) bond motifs is 4. The number of aliphatic hydroxyl groups is 1.